The first-order valence-corrected chi connectivity index (χ1v) is 7.67. The molecule has 1 aliphatic rings. The van der Waals surface area contributed by atoms with Gasteiger partial charge in [0.25, 0.3) is 0 Å². The molecule has 0 bridgehead atoms. The zero-order chi connectivity index (χ0) is 15.2. The summed E-state index contributed by atoms with van der Waals surface area (Å²) in [6.45, 7) is 5.41. The minimum atomic E-state index is -0.477. The Bertz CT molecular complexity index is 481. The molecule has 0 aromatic heterocycles. The van der Waals surface area contributed by atoms with Crippen molar-refractivity contribution in [3.05, 3.63) is 41.5 Å². The van der Waals surface area contributed by atoms with Crippen LogP contribution in [0.15, 0.2) is 35.9 Å². The summed E-state index contributed by atoms with van der Waals surface area (Å²) in [6.07, 6.45) is 3.81. The van der Waals surface area contributed by atoms with Crippen molar-refractivity contribution in [2.75, 3.05) is 20.3 Å². The first-order valence-electron chi connectivity index (χ1n) is 7.67. The molecule has 3 nitrogen and oxygen atoms in total. The maximum atomic E-state index is 10.8. The van der Waals surface area contributed by atoms with Crippen molar-refractivity contribution in [3.63, 3.8) is 0 Å². The van der Waals surface area contributed by atoms with Crippen LogP contribution in [0.3, 0.4) is 0 Å². The molecule has 2 rings (SSSR count). The van der Waals surface area contributed by atoms with Crippen LogP contribution in [0.2, 0.25) is 0 Å². The van der Waals surface area contributed by atoms with Crippen LogP contribution in [0.4, 0.5) is 0 Å². The number of hydrogen-bond acceptors (Lipinski definition) is 3. The van der Waals surface area contributed by atoms with Crippen LogP contribution in [0.1, 0.15) is 38.4 Å². The Balaban J connectivity index is 2.11. The predicted octanol–water partition coefficient (Wildman–Crippen LogP) is 3.74. The van der Waals surface area contributed by atoms with Gasteiger partial charge in [-0.3, -0.25) is 0 Å². The van der Waals surface area contributed by atoms with E-state index in [0.29, 0.717) is 19.1 Å². The fourth-order valence-electron chi connectivity index (χ4n) is 3.18. The monoisotopic (exact) mass is 290 g/mol. The summed E-state index contributed by atoms with van der Waals surface area (Å²) >= 11 is 0. The molecule has 0 radical (unpaired) electrons. The molecular formula is C18H26O3. The van der Waals surface area contributed by atoms with Gasteiger partial charge in [-0.1, -0.05) is 36.8 Å². The second-order valence-electron chi connectivity index (χ2n) is 6.01. The van der Waals surface area contributed by atoms with E-state index in [-0.39, 0.29) is 5.92 Å². The molecule has 1 aromatic carbocycles. The summed E-state index contributed by atoms with van der Waals surface area (Å²) in [6, 6.07) is 7.78. The number of hydrogen-bond donors (Lipinski definition) is 1. The van der Waals surface area contributed by atoms with Gasteiger partial charge in [0.05, 0.1) is 12.7 Å². The van der Waals surface area contributed by atoms with E-state index in [4.69, 9.17) is 9.47 Å². The SMILES string of the molecule is COCCOc1ccccc1C(O)C1CC(C)=CC(C)C1. The zero-order valence-corrected chi connectivity index (χ0v) is 13.2. The number of rotatable bonds is 6. The third-order valence-electron chi connectivity index (χ3n) is 4.06. The highest BCUT2D eigenvalue weighted by atomic mass is 16.5. The quantitative estimate of drug-likeness (QED) is 0.641. The lowest BCUT2D eigenvalue weighted by molar-refractivity contribution is 0.0875. The van der Waals surface area contributed by atoms with Crippen LogP contribution in [0, 0.1) is 11.8 Å². The molecule has 0 heterocycles. The first-order chi connectivity index (χ1) is 10.1. The molecular weight excluding hydrogens is 264 g/mol. The summed E-state index contributed by atoms with van der Waals surface area (Å²) in [4.78, 5) is 0. The van der Waals surface area contributed by atoms with Gasteiger partial charge in [0.1, 0.15) is 12.4 Å². The fourth-order valence-corrected chi connectivity index (χ4v) is 3.18. The molecule has 0 saturated heterocycles. The van der Waals surface area contributed by atoms with E-state index in [1.165, 1.54) is 5.57 Å². The Kier molecular flexibility index (Phi) is 5.83. The highest BCUT2D eigenvalue weighted by Gasteiger charge is 2.27. The summed E-state index contributed by atoms with van der Waals surface area (Å²) in [7, 11) is 1.66. The average molecular weight is 290 g/mol. The molecule has 0 aliphatic heterocycles. The maximum Gasteiger partial charge on any atom is 0.125 e. The Morgan fingerprint density at radius 2 is 2.05 bits per heavy atom. The molecule has 1 aliphatic carbocycles. The van der Waals surface area contributed by atoms with E-state index < -0.39 is 6.10 Å². The molecule has 3 heteroatoms. The van der Waals surface area contributed by atoms with Gasteiger partial charge in [0.2, 0.25) is 0 Å². The maximum absolute atomic E-state index is 10.8. The molecule has 1 aromatic rings. The van der Waals surface area contributed by atoms with Gasteiger partial charge < -0.3 is 14.6 Å². The number of ether oxygens (including phenoxy) is 2. The Morgan fingerprint density at radius 1 is 1.29 bits per heavy atom. The van der Waals surface area contributed by atoms with Crippen molar-refractivity contribution in [2.45, 2.75) is 32.8 Å². The van der Waals surface area contributed by atoms with Crippen molar-refractivity contribution >= 4 is 0 Å². The normalized spacial score (nSPS) is 23.5. The highest BCUT2D eigenvalue weighted by Crippen LogP contribution is 2.39. The largest absolute Gasteiger partial charge is 0.491 e. The minimum Gasteiger partial charge on any atom is -0.491 e. The first kappa shape index (κ1) is 16.1. The van der Waals surface area contributed by atoms with Crippen LogP contribution in [0.5, 0.6) is 5.75 Å². The molecule has 0 amide bonds. The summed E-state index contributed by atoms with van der Waals surface area (Å²) in [5.41, 5.74) is 2.26. The van der Waals surface area contributed by atoms with Crippen LogP contribution in [0.25, 0.3) is 0 Å². The molecule has 21 heavy (non-hydrogen) atoms. The Morgan fingerprint density at radius 3 is 2.76 bits per heavy atom. The topological polar surface area (TPSA) is 38.7 Å². The van der Waals surface area contributed by atoms with E-state index in [9.17, 15) is 5.11 Å². The van der Waals surface area contributed by atoms with Gasteiger partial charge >= 0.3 is 0 Å². The van der Waals surface area contributed by atoms with Gasteiger partial charge in [-0.2, -0.15) is 0 Å². The Labute approximate surface area is 127 Å². The molecule has 116 valence electrons. The standard InChI is InChI=1S/C18H26O3/c1-13-10-14(2)12-15(11-13)18(19)16-6-4-5-7-17(16)21-9-8-20-3/h4-7,10,13,15,18-19H,8-9,11-12H2,1-3H3. The van der Waals surface area contributed by atoms with Crippen molar-refractivity contribution in [2.24, 2.45) is 11.8 Å². The number of aliphatic hydroxyl groups excluding tert-OH is 1. The van der Waals surface area contributed by atoms with Gasteiger partial charge in [-0.25, -0.2) is 0 Å². The van der Waals surface area contributed by atoms with Crippen LogP contribution >= 0.6 is 0 Å². The van der Waals surface area contributed by atoms with E-state index in [2.05, 4.69) is 19.9 Å². The predicted molar refractivity (Wildman–Crippen MR) is 84.4 cm³/mol. The lowest BCUT2D eigenvalue weighted by atomic mass is 9.78. The van der Waals surface area contributed by atoms with Gasteiger partial charge in [0, 0.05) is 12.7 Å². The summed E-state index contributed by atoms with van der Waals surface area (Å²) in [5, 5.41) is 10.8. The van der Waals surface area contributed by atoms with Crippen molar-refractivity contribution in [1.82, 2.24) is 0 Å². The molecule has 3 atom stereocenters. The Hall–Kier alpha value is -1.32. The van der Waals surface area contributed by atoms with Crippen molar-refractivity contribution in [3.8, 4) is 5.75 Å². The minimum absolute atomic E-state index is 0.261. The van der Waals surface area contributed by atoms with E-state index in [1.54, 1.807) is 7.11 Å². The summed E-state index contributed by atoms with van der Waals surface area (Å²) < 4.78 is 10.8. The van der Waals surface area contributed by atoms with Gasteiger partial charge in [-0.05, 0) is 37.7 Å². The van der Waals surface area contributed by atoms with Gasteiger partial charge in [-0.15, -0.1) is 0 Å². The van der Waals surface area contributed by atoms with Gasteiger partial charge in [0.15, 0.2) is 0 Å². The number of methoxy groups -OCH3 is 1. The third-order valence-corrected chi connectivity index (χ3v) is 4.06. The van der Waals surface area contributed by atoms with Crippen LogP contribution in [-0.4, -0.2) is 25.4 Å². The smallest absolute Gasteiger partial charge is 0.125 e. The van der Waals surface area contributed by atoms with Crippen molar-refractivity contribution < 1.29 is 14.6 Å². The number of aliphatic hydroxyl groups is 1. The molecule has 1 N–H and O–H groups in total. The number of para-hydroxylation sites is 1. The van der Waals surface area contributed by atoms with Crippen LogP contribution in [-0.2, 0) is 4.74 Å². The highest BCUT2D eigenvalue weighted by molar-refractivity contribution is 5.35. The molecule has 3 unspecified atom stereocenters. The zero-order valence-electron chi connectivity index (χ0n) is 13.2. The fraction of sp³-hybridized carbons (Fsp3) is 0.556. The van der Waals surface area contributed by atoms with Crippen molar-refractivity contribution in [1.29, 1.82) is 0 Å². The van der Waals surface area contributed by atoms with E-state index >= 15 is 0 Å². The van der Waals surface area contributed by atoms with Crippen LogP contribution < -0.4 is 4.74 Å². The molecule has 0 saturated carbocycles. The van der Waals surface area contributed by atoms with E-state index in [0.717, 1.165) is 24.2 Å². The molecule has 0 fully saturated rings. The lowest BCUT2D eigenvalue weighted by Gasteiger charge is -2.30. The second kappa shape index (κ2) is 7.62. The molecule has 0 spiro atoms. The number of benzene rings is 1. The summed E-state index contributed by atoms with van der Waals surface area (Å²) in [5.74, 6) is 1.55. The lowest BCUT2D eigenvalue weighted by Crippen LogP contribution is -2.20. The van der Waals surface area contributed by atoms with E-state index in [1.807, 2.05) is 24.3 Å². The number of allylic oxidation sites excluding steroid dienone is 2. The average Bonchev–Trinajstić information content (AvgIpc) is 2.46. The third kappa shape index (κ3) is 4.32. The second-order valence-corrected chi connectivity index (χ2v) is 6.01.